The Bertz CT molecular complexity index is 629. The van der Waals surface area contributed by atoms with Crippen LogP contribution >= 0.6 is 15.9 Å². The first-order chi connectivity index (χ1) is 10.00. The minimum Gasteiger partial charge on any atom is -0.489 e. The maximum atomic E-state index is 11.3. The summed E-state index contributed by atoms with van der Waals surface area (Å²) in [4.78, 5) is 0. The molecule has 0 fully saturated rings. The van der Waals surface area contributed by atoms with Gasteiger partial charge in [-0.05, 0) is 36.8 Å². The Morgan fingerprint density at radius 1 is 1.33 bits per heavy atom. The third-order valence-corrected chi connectivity index (χ3v) is 5.00. The van der Waals surface area contributed by atoms with Crippen molar-refractivity contribution < 1.29 is 13.2 Å². The summed E-state index contributed by atoms with van der Waals surface area (Å²) in [5.74, 6) is 0.996. The van der Waals surface area contributed by atoms with Crippen molar-refractivity contribution in [2.75, 3.05) is 32.0 Å². The number of hydrogen-bond donors (Lipinski definition) is 2. The Morgan fingerprint density at radius 2 is 2.14 bits per heavy atom. The number of fused-ring (bicyclic) bond motifs is 1. The highest BCUT2D eigenvalue weighted by atomic mass is 79.9. The van der Waals surface area contributed by atoms with Crippen LogP contribution in [0.1, 0.15) is 12.5 Å². The van der Waals surface area contributed by atoms with E-state index in [0.717, 1.165) is 21.4 Å². The number of halogens is 1. The van der Waals surface area contributed by atoms with E-state index in [2.05, 4.69) is 32.0 Å². The van der Waals surface area contributed by atoms with Crippen LogP contribution in [0.5, 0.6) is 5.75 Å². The summed E-state index contributed by atoms with van der Waals surface area (Å²) < 4.78 is 31.7. The maximum absolute atomic E-state index is 11.3. The summed E-state index contributed by atoms with van der Waals surface area (Å²) in [7, 11) is -3.10. The Morgan fingerprint density at radius 3 is 2.90 bits per heavy atom. The molecule has 5 nitrogen and oxygen atoms in total. The molecule has 0 amide bonds. The number of nitrogens with one attached hydrogen (secondary N) is 2. The molecule has 0 spiro atoms. The first-order valence-corrected chi connectivity index (χ1v) is 9.24. The molecular weight excluding hydrogens is 356 g/mol. The van der Waals surface area contributed by atoms with Crippen molar-refractivity contribution in [2.45, 2.75) is 6.92 Å². The van der Waals surface area contributed by atoms with E-state index in [9.17, 15) is 8.42 Å². The van der Waals surface area contributed by atoms with E-state index >= 15 is 0 Å². The van der Waals surface area contributed by atoms with Crippen molar-refractivity contribution in [3.63, 3.8) is 0 Å². The van der Waals surface area contributed by atoms with Crippen molar-refractivity contribution >= 4 is 32.0 Å². The zero-order valence-corrected chi connectivity index (χ0v) is 14.3. The molecule has 0 unspecified atom stereocenters. The largest absolute Gasteiger partial charge is 0.489 e. The molecule has 0 aliphatic carbocycles. The summed E-state index contributed by atoms with van der Waals surface area (Å²) in [5.41, 5.74) is 2.19. The van der Waals surface area contributed by atoms with Gasteiger partial charge >= 0.3 is 0 Å². The van der Waals surface area contributed by atoms with Crippen molar-refractivity contribution in [3.8, 4) is 5.75 Å². The van der Waals surface area contributed by atoms with Gasteiger partial charge in [0.2, 0.25) is 10.0 Å². The molecule has 1 aromatic rings. The van der Waals surface area contributed by atoms with Gasteiger partial charge in [0.15, 0.2) is 0 Å². The predicted octanol–water partition coefficient (Wildman–Crippen LogP) is 1.75. The lowest BCUT2D eigenvalue weighted by Crippen LogP contribution is -2.34. The van der Waals surface area contributed by atoms with E-state index < -0.39 is 10.0 Å². The molecular formula is C14H19BrN2O3S. The van der Waals surface area contributed by atoms with Crippen LogP contribution in [0.2, 0.25) is 0 Å². The fourth-order valence-corrected chi connectivity index (χ4v) is 2.94. The van der Waals surface area contributed by atoms with E-state index in [1.165, 1.54) is 0 Å². The first-order valence-electron chi connectivity index (χ1n) is 6.80. The third kappa shape index (κ3) is 5.10. The van der Waals surface area contributed by atoms with Crippen molar-refractivity contribution in [3.05, 3.63) is 33.8 Å². The zero-order valence-electron chi connectivity index (χ0n) is 11.9. The lowest BCUT2D eigenvalue weighted by atomic mass is 10.1. The van der Waals surface area contributed by atoms with Gasteiger partial charge in [-0.2, -0.15) is 0 Å². The van der Waals surface area contributed by atoms with Crippen molar-refractivity contribution in [1.82, 2.24) is 10.0 Å². The molecule has 116 valence electrons. The SMILES string of the molecule is CCS(=O)(=O)NCCNCC1=Cc2cc(Br)ccc2OC1. The third-order valence-electron chi connectivity index (χ3n) is 3.10. The van der Waals surface area contributed by atoms with E-state index in [1.54, 1.807) is 6.92 Å². The number of ether oxygens (including phenoxy) is 1. The maximum Gasteiger partial charge on any atom is 0.211 e. The molecule has 2 rings (SSSR count). The van der Waals surface area contributed by atoms with Gasteiger partial charge in [-0.15, -0.1) is 0 Å². The van der Waals surface area contributed by atoms with Gasteiger partial charge in [-0.3, -0.25) is 0 Å². The highest BCUT2D eigenvalue weighted by molar-refractivity contribution is 9.10. The molecule has 1 aromatic carbocycles. The summed E-state index contributed by atoms with van der Waals surface area (Å²) in [6.07, 6.45) is 2.10. The van der Waals surface area contributed by atoms with Gasteiger partial charge in [0, 0.05) is 29.7 Å². The number of benzene rings is 1. The van der Waals surface area contributed by atoms with Crippen LogP contribution in [0, 0.1) is 0 Å². The quantitative estimate of drug-likeness (QED) is 0.713. The minimum atomic E-state index is -3.10. The predicted molar refractivity (Wildman–Crippen MR) is 87.9 cm³/mol. The molecule has 0 saturated heterocycles. The Hall–Kier alpha value is -0.890. The van der Waals surface area contributed by atoms with E-state index in [0.29, 0.717) is 26.2 Å². The average Bonchev–Trinajstić information content (AvgIpc) is 2.46. The van der Waals surface area contributed by atoms with Crippen molar-refractivity contribution in [2.24, 2.45) is 0 Å². The van der Waals surface area contributed by atoms with Gasteiger partial charge in [0.1, 0.15) is 12.4 Å². The molecule has 0 bridgehead atoms. The lowest BCUT2D eigenvalue weighted by molar-refractivity contribution is 0.343. The number of rotatable bonds is 7. The smallest absolute Gasteiger partial charge is 0.211 e. The Labute approximate surface area is 133 Å². The highest BCUT2D eigenvalue weighted by Gasteiger charge is 2.11. The van der Waals surface area contributed by atoms with Crippen LogP contribution in [-0.2, 0) is 10.0 Å². The Kier molecular flexibility index (Phi) is 5.80. The second-order valence-electron chi connectivity index (χ2n) is 4.75. The molecule has 1 heterocycles. The monoisotopic (exact) mass is 374 g/mol. The fourth-order valence-electron chi connectivity index (χ4n) is 1.94. The Balaban J connectivity index is 1.80. The molecule has 0 aromatic heterocycles. The van der Waals surface area contributed by atoms with Crippen LogP contribution in [0.15, 0.2) is 28.2 Å². The molecule has 7 heteroatoms. The molecule has 1 aliphatic heterocycles. The molecule has 0 saturated carbocycles. The number of hydrogen-bond acceptors (Lipinski definition) is 4. The molecule has 21 heavy (non-hydrogen) atoms. The highest BCUT2D eigenvalue weighted by Crippen LogP contribution is 2.28. The van der Waals surface area contributed by atoms with Crippen molar-refractivity contribution in [1.29, 1.82) is 0 Å². The summed E-state index contributed by atoms with van der Waals surface area (Å²) in [6.45, 7) is 3.84. The number of sulfonamides is 1. The standard InChI is InChI=1S/C14H19BrN2O3S/c1-2-21(18,19)17-6-5-16-9-11-7-12-8-13(15)3-4-14(12)20-10-11/h3-4,7-8,16-17H,2,5-6,9-10H2,1H3. The van der Waals surface area contributed by atoms with E-state index in [1.807, 2.05) is 18.2 Å². The minimum absolute atomic E-state index is 0.109. The normalized spacial score (nSPS) is 14.3. The van der Waals surface area contributed by atoms with Gasteiger partial charge < -0.3 is 10.1 Å². The van der Waals surface area contributed by atoms with E-state index in [4.69, 9.17) is 4.74 Å². The average molecular weight is 375 g/mol. The molecule has 2 N–H and O–H groups in total. The molecule has 0 atom stereocenters. The second-order valence-corrected chi connectivity index (χ2v) is 7.76. The van der Waals surface area contributed by atoms with Crippen LogP contribution < -0.4 is 14.8 Å². The van der Waals surface area contributed by atoms with Crippen LogP contribution in [0.4, 0.5) is 0 Å². The molecule has 1 aliphatic rings. The van der Waals surface area contributed by atoms with Crippen LogP contribution in [-0.4, -0.2) is 40.4 Å². The van der Waals surface area contributed by atoms with Gasteiger partial charge in [-0.25, -0.2) is 13.1 Å². The van der Waals surface area contributed by atoms with Crippen LogP contribution in [0.3, 0.4) is 0 Å². The summed E-state index contributed by atoms with van der Waals surface area (Å²) in [5, 5.41) is 3.21. The van der Waals surface area contributed by atoms with Gasteiger partial charge in [0.05, 0.1) is 5.75 Å². The second kappa shape index (κ2) is 7.40. The topological polar surface area (TPSA) is 67.4 Å². The van der Waals surface area contributed by atoms with E-state index in [-0.39, 0.29) is 5.75 Å². The molecule has 0 radical (unpaired) electrons. The fraction of sp³-hybridized carbons (Fsp3) is 0.429. The summed E-state index contributed by atoms with van der Waals surface area (Å²) in [6, 6.07) is 5.92. The first kappa shape index (κ1) is 16.5. The van der Waals surface area contributed by atoms with Gasteiger partial charge in [-0.1, -0.05) is 15.9 Å². The van der Waals surface area contributed by atoms with Crippen LogP contribution in [0.25, 0.3) is 6.08 Å². The zero-order chi connectivity index (χ0) is 15.3. The lowest BCUT2D eigenvalue weighted by Gasteiger charge is -2.18. The van der Waals surface area contributed by atoms with Gasteiger partial charge in [0.25, 0.3) is 0 Å². The summed E-state index contributed by atoms with van der Waals surface area (Å²) >= 11 is 3.44.